The van der Waals surface area contributed by atoms with Gasteiger partial charge in [-0.2, -0.15) is 0 Å². The van der Waals surface area contributed by atoms with Gasteiger partial charge in [0.15, 0.2) is 0 Å². The molecule has 0 radical (unpaired) electrons. The second-order valence-electron chi connectivity index (χ2n) is 5.15. The average Bonchev–Trinajstić information content (AvgIpc) is 2.19. The van der Waals surface area contributed by atoms with E-state index >= 15 is 0 Å². The monoisotopic (exact) mass is 197 g/mol. The molecule has 0 aromatic carbocycles. The van der Waals surface area contributed by atoms with Crippen molar-refractivity contribution in [3.05, 3.63) is 0 Å². The lowest BCUT2D eigenvalue weighted by Crippen LogP contribution is -2.50. The first-order valence-electron chi connectivity index (χ1n) is 6.14. The molecule has 0 spiro atoms. The van der Waals surface area contributed by atoms with Gasteiger partial charge in [-0.3, -0.25) is 0 Å². The molecule has 0 bridgehead atoms. The van der Waals surface area contributed by atoms with Crippen LogP contribution in [0.25, 0.3) is 0 Å². The highest BCUT2D eigenvalue weighted by Gasteiger charge is 2.29. The predicted molar refractivity (Wildman–Crippen MR) is 58.5 cm³/mol. The molecule has 0 amide bonds. The van der Waals surface area contributed by atoms with Gasteiger partial charge in [0.05, 0.1) is 0 Å². The number of ether oxygens (including phenoxy) is 1. The molecule has 0 atom stereocenters. The van der Waals surface area contributed by atoms with Crippen molar-refractivity contribution in [3.63, 3.8) is 0 Å². The van der Waals surface area contributed by atoms with Crippen molar-refractivity contribution in [2.45, 2.75) is 63.5 Å². The lowest BCUT2D eigenvalue weighted by molar-refractivity contribution is 0.0647. The van der Waals surface area contributed by atoms with Crippen LogP contribution in [0.2, 0.25) is 0 Å². The van der Waals surface area contributed by atoms with E-state index in [0.717, 1.165) is 13.2 Å². The maximum absolute atomic E-state index is 5.38. The SMILES string of the molecule is CC1(NC2CCOCC2)CCCCC1. The van der Waals surface area contributed by atoms with Crippen LogP contribution in [0.15, 0.2) is 0 Å². The lowest BCUT2D eigenvalue weighted by atomic mass is 9.82. The molecular weight excluding hydrogens is 174 g/mol. The summed E-state index contributed by atoms with van der Waals surface area (Å²) < 4.78 is 5.38. The Morgan fingerprint density at radius 2 is 1.71 bits per heavy atom. The molecule has 0 aromatic rings. The summed E-state index contributed by atoms with van der Waals surface area (Å²) >= 11 is 0. The van der Waals surface area contributed by atoms with Crippen LogP contribution in [0.1, 0.15) is 51.9 Å². The Hall–Kier alpha value is -0.0800. The molecule has 0 aromatic heterocycles. The maximum atomic E-state index is 5.38. The number of hydrogen-bond acceptors (Lipinski definition) is 2. The Labute approximate surface area is 87.4 Å². The van der Waals surface area contributed by atoms with E-state index in [1.807, 2.05) is 0 Å². The van der Waals surface area contributed by atoms with Crippen LogP contribution in [0.3, 0.4) is 0 Å². The fraction of sp³-hybridized carbons (Fsp3) is 1.00. The Bertz CT molecular complexity index is 169. The number of nitrogens with one attached hydrogen (secondary N) is 1. The van der Waals surface area contributed by atoms with E-state index in [0.29, 0.717) is 11.6 Å². The minimum Gasteiger partial charge on any atom is -0.381 e. The van der Waals surface area contributed by atoms with Gasteiger partial charge in [-0.25, -0.2) is 0 Å². The van der Waals surface area contributed by atoms with Crippen molar-refractivity contribution in [2.24, 2.45) is 0 Å². The van der Waals surface area contributed by atoms with E-state index in [4.69, 9.17) is 4.74 Å². The molecule has 2 rings (SSSR count). The van der Waals surface area contributed by atoms with Gasteiger partial charge in [-0.15, -0.1) is 0 Å². The molecule has 2 fully saturated rings. The molecule has 82 valence electrons. The second-order valence-corrected chi connectivity index (χ2v) is 5.15. The summed E-state index contributed by atoms with van der Waals surface area (Å²) in [4.78, 5) is 0. The molecule has 0 unspecified atom stereocenters. The molecule has 1 aliphatic carbocycles. The second kappa shape index (κ2) is 4.63. The van der Waals surface area contributed by atoms with Crippen molar-refractivity contribution in [1.82, 2.24) is 5.32 Å². The Kier molecular flexibility index (Phi) is 3.45. The van der Waals surface area contributed by atoms with Gasteiger partial charge in [0.25, 0.3) is 0 Å². The molecule has 2 heteroatoms. The Balaban J connectivity index is 1.81. The summed E-state index contributed by atoms with van der Waals surface area (Å²) in [6.07, 6.45) is 9.39. The maximum Gasteiger partial charge on any atom is 0.0480 e. The molecule has 1 heterocycles. The van der Waals surface area contributed by atoms with Crippen LogP contribution in [0, 0.1) is 0 Å². The van der Waals surface area contributed by atoms with Crippen LogP contribution in [0.4, 0.5) is 0 Å². The highest BCUT2D eigenvalue weighted by Crippen LogP contribution is 2.28. The van der Waals surface area contributed by atoms with Crippen molar-refractivity contribution in [1.29, 1.82) is 0 Å². The lowest BCUT2D eigenvalue weighted by Gasteiger charge is -2.39. The standard InChI is InChI=1S/C12H23NO/c1-12(7-3-2-4-8-12)13-11-5-9-14-10-6-11/h11,13H,2-10H2,1H3. The minimum absolute atomic E-state index is 0.431. The van der Waals surface area contributed by atoms with Gasteiger partial charge in [0.2, 0.25) is 0 Å². The van der Waals surface area contributed by atoms with Gasteiger partial charge < -0.3 is 10.1 Å². The summed E-state index contributed by atoms with van der Waals surface area (Å²) in [7, 11) is 0. The molecule has 1 saturated carbocycles. The number of rotatable bonds is 2. The van der Waals surface area contributed by atoms with Gasteiger partial charge in [-0.05, 0) is 32.6 Å². The third-order valence-corrected chi connectivity index (χ3v) is 3.73. The first kappa shape index (κ1) is 10.4. The zero-order valence-corrected chi connectivity index (χ0v) is 9.35. The zero-order valence-electron chi connectivity index (χ0n) is 9.35. The van der Waals surface area contributed by atoms with Gasteiger partial charge in [-0.1, -0.05) is 19.3 Å². The van der Waals surface area contributed by atoms with Crippen LogP contribution in [-0.4, -0.2) is 24.8 Å². The Morgan fingerprint density at radius 3 is 2.36 bits per heavy atom. The minimum atomic E-state index is 0.431. The average molecular weight is 197 g/mol. The summed E-state index contributed by atoms with van der Waals surface area (Å²) in [6.45, 7) is 4.31. The first-order chi connectivity index (χ1) is 6.79. The molecule has 2 aliphatic rings. The van der Waals surface area contributed by atoms with Crippen molar-refractivity contribution < 1.29 is 4.74 Å². The van der Waals surface area contributed by atoms with E-state index in [2.05, 4.69) is 12.2 Å². The molecular formula is C12H23NO. The largest absolute Gasteiger partial charge is 0.381 e. The Morgan fingerprint density at radius 1 is 1.07 bits per heavy atom. The topological polar surface area (TPSA) is 21.3 Å². The zero-order chi connectivity index (χ0) is 9.86. The van der Waals surface area contributed by atoms with E-state index in [1.54, 1.807) is 0 Å². The third kappa shape index (κ3) is 2.71. The fourth-order valence-corrected chi connectivity index (χ4v) is 2.81. The van der Waals surface area contributed by atoms with Gasteiger partial charge in [0.1, 0.15) is 0 Å². The summed E-state index contributed by atoms with van der Waals surface area (Å²) in [6, 6.07) is 0.715. The highest BCUT2D eigenvalue weighted by molar-refractivity contribution is 4.89. The molecule has 1 N–H and O–H groups in total. The van der Waals surface area contributed by atoms with E-state index in [1.165, 1.54) is 44.9 Å². The van der Waals surface area contributed by atoms with Crippen LogP contribution < -0.4 is 5.32 Å². The van der Waals surface area contributed by atoms with Crippen molar-refractivity contribution in [3.8, 4) is 0 Å². The smallest absolute Gasteiger partial charge is 0.0480 e. The quantitative estimate of drug-likeness (QED) is 0.734. The number of hydrogen-bond donors (Lipinski definition) is 1. The predicted octanol–water partition coefficient (Wildman–Crippen LogP) is 2.48. The first-order valence-corrected chi connectivity index (χ1v) is 6.14. The van der Waals surface area contributed by atoms with Gasteiger partial charge in [0, 0.05) is 24.8 Å². The van der Waals surface area contributed by atoms with E-state index in [-0.39, 0.29) is 0 Å². The van der Waals surface area contributed by atoms with Gasteiger partial charge >= 0.3 is 0 Å². The molecule has 1 aliphatic heterocycles. The normalized spacial score (nSPS) is 28.9. The fourth-order valence-electron chi connectivity index (χ4n) is 2.81. The molecule has 1 saturated heterocycles. The summed E-state index contributed by atoms with van der Waals surface area (Å²) in [5.41, 5.74) is 0.431. The van der Waals surface area contributed by atoms with Crippen LogP contribution >= 0.6 is 0 Å². The van der Waals surface area contributed by atoms with Crippen molar-refractivity contribution in [2.75, 3.05) is 13.2 Å². The summed E-state index contributed by atoms with van der Waals surface area (Å²) in [5.74, 6) is 0. The van der Waals surface area contributed by atoms with E-state index < -0.39 is 0 Å². The van der Waals surface area contributed by atoms with E-state index in [9.17, 15) is 0 Å². The van der Waals surface area contributed by atoms with Crippen LogP contribution in [0.5, 0.6) is 0 Å². The molecule has 14 heavy (non-hydrogen) atoms. The van der Waals surface area contributed by atoms with Crippen LogP contribution in [-0.2, 0) is 4.74 Å². The van der Waals surface area contributed by atoms with Crippen molar-refractivity contribution >= 4 is 0 Å². The third-order valence-electron chi connectivity index (χ3n) is 3.73. The summed E-state index contributed by atoms with van der Waals surface area (Å²) in [5, 5.41) is 3.85. The highest BCUT2D eigenvalue weighted by atomic mass is 16.5. The molecule has 2 nitrogen and oxygen atoms in total.